The predicted octanol–water partition coefficient (Wildman–Crippen LogP) is 3.25. The lowest BCUT2D eigenvalue weighted by molar-refractivity contribution is 0.170. The Labute approximate surface area is 118 Å². The summed E-state index contributed by atoms with van der Waals surface area (Å²) in [5, 5.41) is 3.41. The first-order valence-corrected chi connectivity index (χ1v) is 7.63. The molecule has 2 rings (SSSR count). The maximum atomic E-state index is 3.41. The Bertz CT molecular complexity index is 355. The lowest BCUT2D eigenvalue weighted by Crippen LogP contribution is -2.41. The molecule has 1 aromatic carbocycles. The number of hydrogen-bond donors (Lipinski definition) is 1. The SMILES string of the molecule is CNC1CCC(N(C)CC(C)c2ccccc2)CC1. The third-order valence-corrected chi connectivity index (χ3v) is 4.66. The van der Waals surface area contributed by atoms with Gasteiger partial charge in [0, 0.05) is 18.6 Å². The molecule has 0 aromatic heterocycles. The van der Waals surface area contributed by atoms with Crippen LogP contribution < -0.4 is 5.32 Å². The van der Waals surface area contributed by atoms with Gasteiger partial charge in [-0.25, -0.2) is 0 Å². The van der Waals surface area contributed by atoms with Crippen LogP contribution in [0, 0.1) is 0 Å². The molecule has 1 atom stereocenters. The van der Waals surface area contributed by atoms with E-state index >= 15 is 0 Å². The molecule has 19 heavy (non-hydrogen) atoms. The van der Waals surface area contributed by atoms with Crippen LogP contribution in [-0.4, -0.2) is 37.6 Å². The van der Waals surface area contributed by atoms with Crippen molar-refractivity contribution in [1.82, 2.24) is 10.2 Å². The van der Waals surface area contributed by atoms with Gasteiger partial charge in [-0.15, -0.1) is 0 Å². The van der Waals surface area contributed by atoms with E-state index in [0.29, 0.717) is 5.92 Å². The molecule has 0 saturated heterocycles. The molecule has 0 amide bonds. The summed E-state index contributed by atoms with van der Waals surface area (Å²) in [6, 6.07) is 12.4. The Kier molecular flexibility index (Phi) is 5.41. The summed E-state index contributed by atoms with van der Waals surface area (Å²) in [6.45, 7) is 3.50. The molecule has 1 saturated carbocycles. The van der Waals surface area contributed by atoms with E-state index in [1.165, 1.54) is 37.8 Å². The average molecular weight is 260 g/mol. The summed E-state index contributed by atoms with van der Waals surface area (Å²) < 4.78 is 0. The van der Waals surface area contributed by atoms with Crippen molar-refractivity contribution in [3.63, 3.8) is 0 Å². The number of benzene rings is 1. The topological polar surface area (TPSA) is 15.3 Å². The van der Waals surface area contributed by atoms with E-state index < -0.39 is 0 Å². The van der Waals surface area contributed by atoms with Gasteiger partial charge in [0.1, 0.15) is 0 Å². The quantitative estimate of drug-likeness (QED) is 0.874. The van der Waals surface area contributed by atoms with E-state index in [1.54, 1.807) is 0 Å². The predicted molar refractivity (Wildman–Crippen MR) is 82.6 cm³/mol. The molecule has 106 valence electrons. The highest BCUT2D eigenvalue weighted by atomic mass is 15.1. The summed E-state index contributed by atoms with van der Waals surface area (Å²) in [6.07, 6.45) is 5.32. The van der Waals surface area contributed by atoms with Crippen molar-refractivity contribution in [1.29, 1.82) is 0 Å². The van der Waals surface area contributed by atoms with Crippen LogP contribution in [0.1, 0.15) is 44.1 Å². The van der Waals surface area contributed by atoms with Gasteiger partial charge in [0.05, 0.1) is 0 Å². The van der Waals surface area contributed by atoms with E-state index in [2.05, 4.69) is 61.6 Å². The fourth-order valence-corrected chi connectivity index (χ4v) is 3.27. The van der Waals surface area contributed by atoms with Gasteiger partial charge in [0.25, 0.3) is 0 Å². The van der Waals surface area contributed by atoms with Crippen LogP contribution in [0.2, 0.25) is 0 Å². The minimum Gasteiger partial charge on any atom is -0.317 e. The van der Waals surface area contributed by atoms with Gasteiger partial charge in [0.15, 0.2) is 0 Å². The molecule has 1 aromatic rings. The zero-order valence-corrected chi connectivity index (χ0v) is 12.6. The molecule has 0 aliphatic heterocycles. The number of hydrogen-bond acceptors (Lipinski definition) is 2. The van der Waals surface area contributed by atoms with Crippen LogP contribution in [0.4, 0.5) is 0 Å². The summed E-state index contributed by atoms with van der Waals surface area (Å²) in [5.74, 6) is 0.619. The van der Waals surface area contributed by atoms with E-state index in [0.717, 1.165) is 12.1 Å². The molecule has 2 nitrogen and oxygen atoms in total. The average Bonchev–Trinajstić information content (AvgIpc) is 2.48. The van der Waals surface area contributed by atoms with E-state index in [4.69, 9.17) is 0 Å². The molecule has 0 radical (unpaired) electrons. The molecule has 2 heteroatoms. The second-order valence-corrected chi connectivity index (χ2v) is 6.05. The van der Waals surface area contributed by atoms with Crippen LogP contribution >= 0.6 is 0 Å². The number of likely N-dealkylation sites (N-methyl/N-ethyl adjacent to an activating group) is 1. The number of nitrogens with zero attached hydrogens (tertiary/aromatic N) is 1. The van der Waals surface area contributed by atoms with Gasteiger partial charge in [0.2, 0.25) is 0 Å². The maximum Gasteiger partial charge on any atom is 0.00936 e. The van der Waals surface area contributed by atoms with Crippen molar-refractivity contribution in [2.24, 2.45) is 0 Å². The first-order valence-electron chi connectivity index (χ1n) is 7.63. The zero-order chi connectivity index (χ0) is 13.7. The van der Waals surface area contributed by atoms with Crippen LogP contribution in [0.25, 0.3) is 0 Å². The standard InChI is InChI=1S/C17H28N2/c1-14(15-7-5-4-6-8-15)13-19(3)17-11-9-16(18-2)10-12-17/h4-8,14,16-18H,9-13H2,1-3H3. The summed E-state index contributed by atoms with van der Waals surface area (Å²) >= 11 is 0. The fraction of sp³-hybridized carbons (Fsp3) is 0.647. The highest BCUT2D eigenvalue weighted by molar-refractivity contribution is 5.19. The largest absolute Gasteiger partial charge is 0.317 e. The Morgan fingerprint density at radius 2 is 1.79 bits per heavy atom. The number of nitrogens with one attached hydrogen (secondary N) is 1. The molecule has 1 aliphatic rings. The molecule has 1 fully saturated rings. The van der Waals surface area contributed by atoms with Crippen LogP contribution in [-0.2, 0) is 0 Å². The van der Waals surface area contributed by atoms with Gasteiger partial charge < -0.3 is 10.2 Å². The Hall–Kier alpha value is -0.860. The molecule has 0 heterocycles. The van der Waals surface area contributed by atoms with Gasteiger partial charge in [-0.1, -0.05) is 37.3 Å². The summed E-state index contributed by atoms with van der Waals surface area (Å²) in [5.41, 5.74) is 1.46. The minimum absolute atomic E-state index is 0.619. The smallest absolute Gasteiger partial charge is 0.00936 e. The Morgan fingerprint density at radius 1 is 1.16 bits per heavy atom. The third-order valence-electron chi connectivity index (χ3n) is 4.66. The van der Waals surface area contributed by atoms with Crippen LogP contribution in [0.15, 0.2) is 30.3 Å². The Morgan fingerprint density at radius 3 is 2.37 bits per heavy atom. The van der Waals surface area contributed by atoms with Crippen molar-refractivity contribution < 1.29 is 0 Å². The second kappa shape index (κ2) is 7.06. The fourth-order valence-electron chi connectivity index (χ4n) is 3.27. The normalized spacial score (nSPS) is 25.5. The molecular formula is C17H28N2. The van der Waals surface area contributed by atoms with Gasteiger partial charge in [-0.05, 0) is 51.3 Å². The molecule has 1 unspecified atom stereocenters. The van der Waals surface area contributed by atoms with Crippen molar-refractivity contribution in [2.75, 3.05) is 20.6 Å². The first-order chi connectivity index (χ1) is 9.20. The minimum atomic E-state index is 0.619. The maximum absolute atomic E-state index is 3.41. The first kappa shape index (κ1) is 14.5. The second-order valence-electron chi connectivity index (χ2n) is 6.05. The lowest BCUT2D eigenvalue weighted by Gasteiger charge is -2.36. The highest BCUT2D eigenvalue weighted by Crippen LogP contribution is 2.24. The monoisotopic (exact) mass is 260 g/mol. The highest BCUT2D eigenvalue weighted by Gasteiger charge is 2.23. The van der Waals surface area contributed by atoms with E-state index in [9.17, 15) is 0 Å². The Balaban J connectivity index is 1.83. The van der Waals surface area contributed by atoms with Crippen molar-refractivity contribution >= 4 is 0 Å². The molecule has 0 spiro atoms. The van der Waals surface area contributed by atoms with Crippen LogP contribution in [0.5, 0.6) is 0 Å². The molecule has 1 N–H and O–H groups in total. The van der Waals surface area contributed by atoms with Crippen LogP contribution in [0.3, 0.4) is 0 Å². The van der Waals surface area contributed by atoms with Gasteiger partial charge in [-0.3, -0.25) is 0 Å². The molecule has 0 bridgehead atoms. The van der Waals surface area contributed by atoms with E-state index in [-0.39, 0.29) is 0 Å². The van der Waals surface area contributed by atoms with Crippen molar-refractivity contribution in [3.8, 4) is 0 Å². The van der Waals surface area contributed by atoms with Crippen molar-refractivity contribution in [2.45, 2.75) is 50.6 Å². The molecule has 1 aliphatic carbocycles. The summed E-state index contributed by atoms with van der Waals surface area (Å²) in [4.78, 5) is 2.57. The zero-order valence-electron chi connectivity index (χ0n) is 12.6. The summed E-state index contributed by atoms with van der Waals surface area (Å²) in [7, 11) is 4.38. The van der Waals surface area contributed by atoms with Crippen molar-refractivity contribution in [3.05, 3.63) is 35.9 Å². The van der Waals surface area contributed by atoms with Gasteiger partial charge in [-0.2, -0.15) is 0 Å². The lowest BCUT2D eigenvalue weighted by atomic mass is 9.89. The van der Waals surface area contributed by atoms with E-state index in [1.807, 2.05) is 0 Å². The van der Waals surface area contributed by atoms with Gasteiger partial charge >= 0.3 is 0 Å². The number of rotatable bonds is 5. The third kappa shape index (κ3) is 4.05. The molecular weight excluding hydrogens is 232 g/mol.